The average molecular weight is 420 g/mol. The number of nitrogens with one attached hydrogen (secondary N) is 2. The highest BCUT2D eigenvalue weighted by Crippen LogP contribution is 2.43. The van der Waals surface area contributed by atoms with E-state index in [4.69, 9.17) is 10.00 Å². The van der Waals surface area contributed by atoms with Gasteiger partial charge < -0.3 is 20.5 Å². The summed E-state index contributed by atoms with van der Waals surface area (Å²) in [7, 11) is 0. The predicted molar refractivity (Wildman–Crippen MR) is 121 cm³/mol. The number of anilines is 2. The van der Waals surface area contributed by atoms with Crippen molar-refractivity contribution in [1.29, 1.82) is 5.26 Å². The van der Waals surface area contributed by atoms with E-state index in [-0.39, 0.29) is 17.1 Å². The molecule has 6 nitrogen and oxygen atoms in total. The number of hydrogen-bond acceptors (Lipinski definition) is 5. The van der Waals surface area contributed by atoms with Crippen molar-refractivity contribution in [2.45, 2.75) is 63.9 Å². The number of fused-ring (bicyclic) bond motifs is 1. The molecule has 1 atom stereocenters. The predicted octanol–water partition coefficient (Wildman–Crippen LogP) is 5.03. The Morgan fingerprint density at radius 2 is 1.97 bits per heavy atom. The van der Waals surface area contributed by atoms with Gasteiger partial charge in [-0.25, -0.2) is 0 Å². The molecule has 0 saturated heterocycles. The van der Waals surface area contributed by atoms with Crippen molar-refractivity contribution in [3.05, 3.63) is 47.0 Å². The van der Waals surface area contributed by atoms with Crippen molar-refractivity contribution in [3.63, 3.8) is 0 Å². The summed E-state index contributed by atoms with van der Waals surface area (Å²) < 4.78 is 5.88. The van der Waals surface area contributed by atoms with Crippen molar-refractivity contribution in [3.8, 4) is 17.6 Å². The van der Waals surface area contributed by atoms with Crippen molar-refractivity contribution in [2.24, 2.45) is 0 Å². The smallest absolute Gasteiger partial charge is 0.267 e. The molecule has 1 fully saturated rings. The minimum atomic E-state index is -0.718. The van der Waals surface area contributed by atoms with Gasteiger partial charge in [-0.15, -0.1) is 0 Å². The fraction of sp³-hybridized carbons (Fsp3) is 0.440. The van der Waals surface area contributed by atoms with E-state index >= 15 is 0 Å². The monoisotopic (exact) mass is 419 g/mol. The van der Waals surface area contributed by atoms with Crippen LogP contribution < -0.4 is 15.4 Å². The van der Waals surface area contributed by atoms with E-state index in [1.807, 2.05) is 0 Å². The molecule has 1 aliphatic carbocycles. The largest absolute Gasteiger partial charge is 0.508 e. The van der Waals surface area contributed by atoms with E-state index in [1.165, 1.54) is 12.8 Å². The number of carbonyl (C=O) groups is 1. The second-order valence-corrected chi connectivity index (χ2v) is 9.49. The number of amides is 1. The molecular weight excluding hydrogens is 390 g/mol. The SMILES string of the molecule is CC(C)(C)c1cc(C2CCCC2)c(O)cc1NC(=O)C1CNc2cc(C#N)ccc2O1. The Labute approximate surface area is 183 Å². The van der Waals surface area contributed by atoms with Crippen molar-refractivity contribution in [2.75, 3.05) is 17.2 Å². The van der Waals surface area contributed by atoms with Gasteiger partial charge in [0.15, 0.2) is 6.10 Å². The second kappa shape index (κ2) is 8.14. The second-order valence-electron chi connectivity index (χ2n) is 9.49. The molecule has 0 spiro atoms. The Kier molecular flexibility index (Phi) is 5.53. The number of ether oxygens (including phenoxy) is 1. The fourth-order valence-corrected chi connectivity index (χ4v) is 4.49. The Bertz CT molecular complexity index is 1040. The number of phenols is 1. The quantitative estimate of drug-likeness (QED) is 0.649. The zero-order valence-electron chi connectivity index (χ0n) is 18.3. The first-order chi connectivity index (χ1) is 14.8. The Hall–Kier alpha value is -3.20. The van der Waals surface area contributed by atoms with Gasteiger partial charge in [-0.05, 0) is 59.6 Å². The van der Waals surface area contributed by atoms with Crippen LogP contribution in [0.25, 0.3) is 0 Å². The van der Waals surface area contributed by atoms with Crippen molar-refractivity contribution >= 4 is 17.3 Å². The molecule has 2 aromatic carbocycles. The van der Waals surface area contributed by atoms with Crippen LogP contribution >= 0.6 is 0 Å². The first kappa shape index (κ1) is 21.0. The molecule has 4 rings (SSSR count). The molecule has 31 heavy (non-hydrogen) atoms. The molecule has 1 amide bonds. The van der Waals surface area contributed by atoms with Gasteiger partial charge in [-0.3, -0.25) is 4.79 Å². The lowest BCUT2D eigenvalue weighted by atomic mass is 9.82. The summed E-state index contributed by atoms with van der Waals surface area (Å²) in [5.41, 5.74) is 3.64. The highest BCUT2D eigenvalue weighted by Gasteiger charge is 2.30. The Morgan fingerprint density at radius 3 is 2.65 bits per heavy atom. The molecule has 0 aromatic heterocycles. The molecule has 1 aliphatic heterocycles. The first-order valence-electron chi connectivity index (χ1n) is 10.9. The Balaban J connectivity index is 1.57. The maximum absolute atomic E-state index is 13.0. The zero-order chi connectivity index (χ0) is 22.2. The summed E-state index contributed by atoms with van der Waals surface area (Å²) in [5.74, 6) is 0.890. The van der Waals surface area contributed by atoms with E-state index in [1.54, 1.807) is 24.3 Å². The lowest BCUT2D eigenvalue weighted by Crippen LogP contribution is -2.41. The standard InChI is InChI=1S/C25H29N3O3/c1-25(2,3)18-11-17(16-6-4-5-7-16)21(29)12-19(18)28-24(30)23-14-27-20-10-15(13-26)8-9-22(20)31-23/h8-12,16,23,27,29H,4-7,14H2,1-3H3,(H,28,30). The van der Waals surface area contributed by atoms with E-state index in [0.717, 1.165) is 24.0 Å². The van der Waals surface area contributed by atoms with Crippen LogP contribution in [-0.4, -0.2) is 23.7 Å². The number of nitrogens with zero attached hydrogens (tertiary/aromatic N) is 1. The zero-order valence-corrected chi connectivity index (χ0v) is 18.3. The molecule has 2 aliphatic rings. The normalized spacial score (nSPS) is 18.5. The van der Waals surface area contributed by atoms with Crippen LogP contribution in [0, 0.1) is 11.3 Å². The van der Waals surface area contributed by atoms with Crippen LogP contribution in [-0.2, 0) is 10.2 Å². The third kappa shape index (κ3) is 4.32. The Morgan fingerprint density at radius 1 is 1.23 bits per heavy atom. The molecule has 0 bridgehead atoms. The van der Waals surface area contributed by atoms with Gasteiger partial charge in [0, 0.05) is 11.8 Å². The van der Waals surface area contributed by atoms with Gasteiger partial charge in [-0.1, -0.05) is 33.6 Å². The summed E-state index contributed by atoms with van der Waals surface area (Å²) in [4.78, 5) is 13.0. The summed E-state index contributed by atoms with van der Waals surface area (Å²) in [6.45, 7) is 6.62. The highest BCUT2D eigenvalue weighted by atomic mass is 16.5. The highest BCUT2D eigenvalue weighted by molar-refractivity contribution is 5.96. The number of aromatic hydroxyl groups is 1. The van der Waals surface area contributed by atoms with Crippen molar-refractivity contribution in [1.82, 2.24) is 0 Å². The lowest BCUT2D eigenvalue weighted by Gasteiger charge is -2.29. The molecule has 1 unspecified atom stereocenters. The van der Waals surface area contributed by atoms with Crippen molar-refractivity contribution < 1.29 is 14.6 Å². The van der Waals surface area contributed by atoms with Crippen LogP contribution in [0.1, 0.15) is 69.1 Å². The molecule has 2 aromatic rings. The number of rotatable bonds is 3. The lowest BCUT2D eigenvalue weighted by molar-refractivity contribution is -0.122. The van der Waals surface area contributed by atoms with Gasteiger partial charge >= 0.3 is 0 Å². The number of benzene rings is 2. The topological polar surface area (TPSA) is 94.4 Å². The number of nitriles is 1. The number of hydrogen-bond donors (Lipinski definition) is 3. The molecule has 1 saturated carbocycles. The summed E-state index contributed by atoms with van der Waals surface area (Å²) in [6.07, 6.45) is 3.85. The van der Waals surface area contributed by atoms with Gasteiger partial charge in [0.05, 0.1) is 23.9 Å². The van der Waals surface area contributed by atoms with Crippen LogP contribution in [0.2, 0.25) is 0 Å². The van der Waals surface area contributed by atoms with Crippen LogP contribution in [0.4, 0.5) is 11.4 Å². The van der Waals surface area contributed by atoms with E-state index in [0.29, 0.717) is 35.2 Å². The average Bonchev–Trinajstić information content (AvgIpc) is 3.26. The maximum Gasteiger partial charge on any atom is 0.267 e. The molecule has 6 heteroatoms. The van der Waals surface area contributed by atoms with E-state index < -0.39 is 6.10 Å². The fourth-order valence-electron chi connectivity index (χ4n) is 4.49. The molecule has 0 radical (unpaired) electrons. The third-order valence-electron chi connectivity index (χ3n) is 6.18. The van der Waals surface area contributed by atoms with E-state index in [9.17, 15) is 9.90 Å². The van der Waals surface area contributed by atoms with E-state index in [2.05, 4.69) is 43.5 Å². The van der Waals surface area contributed by atoms with Crippen LogP contribution in [0.15, 0.2) is 30.3 Å². The van der Waals surface area contributed by atoms with Gasteiger partial charge in [0.25, 0.3) is 5.91 Å². The van der Waals surface area contributed by atoms with Crippen LogP contribution in [0.5, 0.6) is 11.5 Å². The van der Waals surface area contributed by atoms with Gasteiger partial charge in [-0.2, -0.15) is 5.26 Å². The summed E-state index contributed by atoms with van der Waals surface area (Å²) in [6, 6.07) is 10.9. The first-order valence-corrected chi connectivity index (χ1v) is 10.9. The molecular formula is C25H29N3O3. The summed E-state index contributed by atoms with van der Waals surface area (Å²) >= 11 is 0. The minimum Gasteiger partial charge on any atom is -0.508 e. The number of phenolic OH excluding ortho intramolecular Hbond substituents is 1. The molecule has 1 heterocycles. The summed E-state index contributed by atoms with van der Waals surface area (Å²) in [5, 5.41) is 25.9. The van der Waals surface area contributed by atoms with Gasteiger partial charge in [0.2, 0.25) is 0 Å². The molecule has 162 valence electrons. The molecule has 3 N–H and O–H groups in total. The van der Waals surface area contributed by atoms with Gasteiger partial charge in [0.1, 0.15) is 11.5 Å². The van der Waals surface area contributed by atoms with Crippen LogP contribution in [0.3, 0.4) is 0 Å². The minimum absolute atomic E-state index is 0.199. The number of carbonyl (C=O) groups excluding carboxylic acids is 1. The maximum atomic E-state index is 13.0. The third-order valence-corrected chi connectivity index (χ3v) is 6.18.